The predicted molar refractivity (Wildman–Crippen MR) is 86.7 cm³/mol. The van der Waals surface area contributed by atoms with E-state index in [1.165, 1.54) is 12.0 Å². The van der Waals surface area contributed by atoms with Gasteiger partial charge in [-0.05, 0) is 51.2 Å². The van der Waals surface area contributed by atoms with E-state index in [1.807, 2.05) is 25.1 Å². The zero-order chi connectivity index (χ0) is 15.9. The Bertz CT molecular complexity index is 483. The highest BCUT2D eigenvalue weighted by Gasteiger charge is 2.20. The molecule has 1 N–H and O–H groups in total. The molecule has 122 valence electrons. The van der Waals surface area contributed by atoms with Crippen LogP contribution in [0.3, 0.4) is 0 Å². The third-order valence-corrected chi connectivity index (χ3v) is 4.19. The second-order valence-corrected chi connectivity index (χ2v) is 6.05. The fraction of sp³-hybridized carbons (Fsp3) is 0.611. The first kappa shape index (κ1) is 17.0. The molecule has 4 heteroatoms. The lowest BCUT2D eigenvalue weighted by atomic mass is 10.0. The molecule has 1 aromatic carbocycles. The van der Waals surface area contributed by atoms with E-state index in [4.69, 9.17) is 9.47 Å². The van der Waals surface area contributed by atoms with Crippen molar-refractivity contribution in [1.29, 1.82) is 0 Å². The smallest absolute Gasteiger partial charge is 0.249 e. The Morgan fingerprint density at radius 2 is 2.14 bits per heavy atom. The van der Waals surface area contributed by atoms with E-state index in [1.54, 1.807) is 6.92 Å². The third-order valence-electron chi connectivity index (χ3n) is 4.19. The van der Waals surface area contributed by atoms with E-state index in [0.29, 0.717) is 6.61 Å². The summed E-state index contributed by atoms with van der Waals surface area (Å²) in [5.41, 5.74) is 2.32. The molecule has 0 bridgehead atoms. The number of ether oxygens (including phenoxy) is 2. The highest BCUT2D eigenvalue weighted by molar-refractivity contribution is 5.80. The van der Waals surface area contributed by atoms with Crippen LogP contribution in [0.4, 0.5) is 0 Å². The summed E-state index contributed by atoms with van der Waals surface area (Å²) in [7, 11) is 0. The number of hydrogen-bond donors (Lipinski definition) is 1. The first-order valence-electron chi connectivity index (χ1n) is 8.17. The van der Waals surface area contributed by atoms with Gasteiger partial charge in [0.15, 0.2) is 0 Å². The van der Waals surface area contributed by atoms with Crippen LogP contribution in [0.15, 0.2) is 24.3 Å². The first-order chi connectivity index (χ1) is 10.6. The van der Waals surface area contributed by atoms with Gasteiger partial charge in [0.05, 0.1) is 18.8 Å². The van der Waals surface area contributed by atoms with Crippen molar-refractivity contribution in [3.05, 3.63) is 35.4 Å². The third kappa shape index (κ3) is 4.82. The summed E-state index contributed by atoms with van der Waals surface area (Å²) >= 11 is 0. The van der Waals surface area contributed by atoms with Crippen LogP contribution in [-0.4, -0.2) is 31.3 Å². The Hall–Kier alpha value is -1.39. The molecule has 2 rings (SSSR count). The highest BCUT2D eigenvalue weighted by atomic mass is 16.5. The first-order valence-corrected chi connectivity index (χ1v) is 8.17. The van der Waals surface area contributed by atoms with Crippen molar-refractivity contribution in [2.45, 2.75) is 58.3 Å². The average molecular weight is 305 g/mol. The van der Waals surface area contributed by atoms with E-state index in [-0.39, 0.29) is 18.1 Å². The van der Waals surface area contributed by atoms with E-state index >= 15 is 0 Å². The maximum absolute atomic E-state index is 12.2. The summed E-state index contributed by atoms with van der Waals surface area (Å²) in [5.74, 6) is -0.0773. The summed E-state index contributed by atoms with van der Waals surface area (Å²) < 4.78 is 11.3. The highest BCUT2D eigenvalue weighted by Crippen LogP contribution is 2.17. The van der Waals surface area contributed by atoms with Gasteiger partial charge in [-0.2, -0.15) is 0 Å². The molecule has 1 fully saturated rings. The van der Waals surface area contributed by atoms with Crippen LogP contribution >= 0.6 is 0 Å². The zero-order valence-corrected chi connectivity index (χ0v) is 13.8. The summed E-state index contributed by atoms with van der Waals surface area (Å²) in [6.07, 6.45) is 3.00. The molecule has 4 nitrogen and oxygen atoms in total. The summed E-state index contributed by atoms with van der Waals surface area (Å²) in [5, 5.41) is 3.02. The minimum Gasteiger partial charge on any atom is -0.376 e. The molecule has 1 heterocycles. The molecule has 22 heavy (non-hydrogen) atoms. The van der Waals surface area contributed by atoms with E-state index in [9.17, 15) is 4.79 Å². The molecule has 0 radical (unpaired) electrons. The molecule has 3 atom stereocenters. The van der Waals surface area contributed by atoms with Gasteiger partial charge in [-0.25, -0.2) is 0 Å². The van der Waals surface area contributed by atoms with Gasteiger partial charge in [0.1, 0.15) is 6.10 Å². The number of hydrogen-bond acceptors (Lipinski definition) is 3. The fourth-order valence-corrected chi connectivity index (χ4v) is 2.75. The molecule has 1 aliphatic rings. The lowest BCUT2D eigenvalue weighted by Crippen LogP contribution is -2.38. The van der Waals surface area contributed by atoms with Gasteiger partial charge in [0.2, 0.25) is 5.91 Å². The van der Waals surface area contributed by atoms with E-state index in [0.717, 1.165) is 25.0 Å². The predicted octanol–water partition coefficient (Wildman–Crippen LogP) is 3.15. The molecule has 0 aromatic heterocycles. The van der Waals surface area contributed by atoms with Gasteiger partial charge in [-0.15, -0.1) is 0 Å². The lowest BCUT2D eigenvalue weighted by Gasteiger charge is -2.24. The van der Waals surface area contributed by atoms with Crippen molar-refractivity contribution in [3.63, 3.8) is 0 Å². The van der Waals surface area contributed by atoms with Gasteiger partial charge in [-0.3, -0.25) is 4.79 Å². The number of benzene rings is 1. The number of aryl methyl sites for hydroxylation is 1. The second-order valence-electron chi connectivity index (χ2n) is 6.05. The number of carbonyl (C=O) groups is 1. The van der Waals surface area contributed by atoms with Gasteiger partial charge in [0.25, 0.3) is 0 Å². The zero-order valence-electron chi connectivity index (χ0n) is 13.8. The minimum absolute atomic E-state index is 0.0225. The van der Waals surface area contributed by atoms with Crippen LogP contribution in [0.25, 0.3) is 0 Å². The van der Waals surface area contributed by atoms with Crippen molar-refractivity contribution in [3.8, 4) is 0 Å². The molecule has 0 aliphatic carbocycles. The standard InChI is InChI=1S/C18H27NO3/c1-13-8-4-5-10-17(13)14(2)19-18(20)15(3)22-12-16-9-6-7-11-21-16/h4-5,8,10,14-16H,6-7,9,11-12H2,1-3H3,(H,19,20)/t14-,15+,16+/m0/s1. The average Bonchev–Trinajstić information content (AvgIpc) is 2.53. The lowest BCUT2D eigenvalue weighted by molar-refractivity contribution is -0.136. The SMILES string of the molecule is Cc1ccccc1[C@H](C)NC(=O)[C@@H](C)OC[C@H]1CCCCO1. The fourth-order valence-electron chi connectivity index (χ4n) is 2.75. The van der Waals surface area contributed by atoms with E-state index in [2.05, 4.69) is 18.3 Å². The minimum atomic E-state index is -0.461. The number of amides is 1. The molecule has 1 amide bonds. The molecule has 0 unspecified atom stereocenters. The van der Waals surface area contributed by atoms with Crippen LogP contribution in [0, 0.1) is 6.92 Å². The normalized spacial score (nSPS) is 21.1. The largest absolute Gasteiger partial charge is 0.376 e. The Kier molecular flexibility index (Phi) is 6.40. The Morgan fingerprint density at radius 1 is 1.36 bits per heavy atom. The van der Waals surface area contributed by atoms with Crippen LogP contribution < -0.4 is 5.32 Å². The maximum atomic E-state index is 12.2. The van der Waals surface area contributed by atoms with Gasteiger partial charge in [-0.1, -0.05) is 24.3 Å². The quantitative estimate of drug-likeness (QED) is 0.878. The summed E-state index contributed by atoms with van der Waals surface area (Å²) in [6, 6.07) is 8.07. The van der Waals surface area contributed by atoms with Crippen molar-refractivity contribution in [1.82, 2.24) is 5.32 Å². The number of nitrogens with one attached hydrogen (secondary N) is 1. The Morgan fingerprint density at radius 3 is 2.82 bits per heavy atom. The van der Waals surface area contributed by atoms with Crippen molar-refractivity contribution in [2.24, 2.45) is 0 Å². The summed E-state index contributed by atoms with van der Waals surface area (Å²) in [4.78, 5) is 12.2. The monoisotopic (exact) mass is 305 g/mol. The molecule has 1 aromatic rings. The van der Waals surface area contributed by atoms with Crippen LogP contribution in [0.5, 0.6) is 0 Å². The molecule has 1 aliphatic heterocycles. The topological polar surface area (TPSA) is 47.6 Å². The molecular formula is C18H27NO3. The number of carbonyl (C=O) groups excluding carboxylic acids is 1. The van der Waals surface area contributed by atoms with Crippen molar-refractivity contribution in [2.75, 3.05) is 13.2 Å². The van der Waals surface area contributed by atoms with E-state index < -0.39 is 6.10 Å². The Balaban J connectivity index is 1.79. The van der Waals surface area contributed by atoms with Gasteiger partial charge in [0, 0.05) is 6.61 Å². The van der Waals surface area contributed by atoms with Crippen molar-refractivity contribution < 1.29 is 14.3 Å². The Labute approximate surface area is 133 Å². The molecule has 1 saturated heterocycles. The molecule has 0 spiro atoms. The number of rotatable bonds is 6. The van der Waals surface area contributed by atoms with Crippen LogP contribution in [0.2, 0.25) is 0 Å². The molecule has 0 saturated carbocycles. The van der Waals surface area contributed by atoms with Crippen LogP contribution in [-0.2, 0) is 14.3 Å². The van der Waals surface area contributed by atoms with Crippen LogP contribution in [0.1, 0.15) is 50.3 Å². The summed E-state index contributed by atoms with van der Waals surface area (Å²) in [6.45, 7) is 7.14. The van der Waals surface area contributed by atoms with Gasteiger partial charge >= 0.3 is 0 Å². The van der Waals surface area contributed by atoms with Crippen molar-refractivity contribution >= 4 is 5.91 Å². The second kappa shape index (κ2) is 8.30. The maximum Gasteiger partial charge on any atom is 0.249 e. The van der Waals surface area contributed by atoms with Gasteiger partial charge < -0.3 is 14.8 Å². The molecular weight excluding hydrogens is 278 g/mol.